The van der Waals surface area contributed by atoms with Crippen molar-refractivity contribution in [3.63, 3.8) is 0 Å². The van der Waals surface area contributed by atoms with Crippen LogP contribution in [0.2, 0.25) is 15.1 Å². The van der Waals surface area contributed by atoms with E-state index in [9.17, 15) is 14.4 Å². The summed E-state index contributed by atoms with van der Waals surface area (Å²) in [7, 11) is 1.42. The van der Waals surface area contributed by atoms with E-state index in [1.807, 2.05) is 6.07 Å². The Hall–Kier alpha value is -3.24. The summed E-state index contributed by atoms with van der Waals surface area (Å²) in [4.78, 5) is 12.6. The van der Waals surface area contributed by atoms with Crippen LogP contribution in [0, 0.1) is 17.1 Å². The number of hydrogen-bond donors (Lipinski definition) is 1. The van der Waals surface area contributed by atoms with Gasteiger partial charge in [-0.25, -0.2) is 4.39 Å². The molecule has 0 saturated carbocycles. The van der Waals surface area contributed by atoms with Crippen molar-refractivity contribution in [3.05, 3.63) is 92.2 Å². The number of halogens is 4. The number of carbonyl (C=O) groups excluding carboxylic acids is 1. The largest absolute Gasteiger partial charge is 0.493 e. The lowest BCUT2D eigenvalue weighted by Crippen LogP contribution is -2.13. The summed E-state index contributed by atoms with van der Waals surface area (Å²) in [5, 5.41) is 12.7. The van der Waals surface area contributed by atoms with Gasteiger partial charge in [-0.3, -0.25) is 4.79 Å². The molecule has 0 saturated heterocycles. The molecule has 5 nitrogen and oxygen atoms in total. The maximum absolute atomic E-state index is 13.4. The van der Waals surface area contributed by atoms with Gasteiger partial charge in [-0.05, 0) is 53.6 Å². The Morgan fingerprint density at radius 1 is 1.12 bits per heavy atom. The predicted octanol–water partition coefficient (Wildman–Crippen LogP) is 6.92. The van der Waals surface area contributed by atoms with Gasteiger partial charge in [0.15, 0.2) is 11.5 Å². The van der Waals surface area contributed by atoms with Crippen molar-refractivity contribution in [2.45, 2.75) is 6.61 Å². The highest BCUT2D eigenvalue weighted by Crippen LogP contribution is 2.37. The van der Waals surface area contributed by atoms with Crippen LogP contribution in [-0.4, -0.2) is 13.0 Å². The molecule has 0 fully saturated rings. The third kappa shape index (κ3) is 6.17. The number of benzene rings is 3. The van der Waals surface area contributed by atoms with Crippen LogP contribution >= 0.6 is 34.8 Å². The van der Waals surface area contributed by atoms with E-state index in [2.05, 4.69) is 5.32 Å². The van der Waals surface area contributed by atoms with Crippen LogP contribution in [0.5, 0.6) is 11.5 Å². The number of anilines is 1. The fraction of sp³-hybridized carbons (Fsp3) is 0.0833. The summed E-state index contributed by atoms with van der Waals surface area (Å²) in [5.74, 6) is -0.533. The summed E-state index contributed by atoms with van der Waals surface area (Å²) in [6, 6.07) is 15.7. The Morgan fingerprint density at radius 2 is 1.88 bits per heavy atom. The Bertz CT molecular complexity index is 1270. The van der Waals surface area contributed by atoms with Crippen molar-refractivity contribution in [2.75, 3.05) is 12.4 Å². The fourth-order valence-corrected chi connectivity index (χ4v) is 3.47. The van der Waals surface area contributed by atoms with E-state index in [0.29, 0.717) is 11.1 Å². The van der Waals surface area contributed by atoms with Crippen LogP contribution in [0.25, 0.3) is 6.08 Å². The minimum Gasteiger partial charge on any atom is -0.493 e. The standard InChI is InChI=1S/C24H16Cl3FN2O3/c1-32-21-11-15(10-19(26)23(21)33-13-14-4-2-5-17(28)9-14)8-16(12-29)24(31)30-20-7-3-6-18(25)22(20)27/h2-11H,13H2,1H3,(H,30,31)/b16-8-. The zero-order valence-corrected chi connectivity index (χ0v) is 19.4. The van der Waals surface area contributed by atoms with Crippen molar-refractivity contribution >= 4 is 52.5 Å². The average molecular weight is 506 g/mol. The number of ether oxygens (including phenoxy) is 2. The molecule has 0 aromatic heterocycles. The quantitative estimate of drug-likeness (QED) is 0.279. The van der Waals surface area contributed by atoms with Crippen molar-refractivity contribution in [1.82, 2.24) is 0 Å². The first-order valence-electron chi connectivity index (χ1n) is 9.44. The van der Waals surface area contributed by atoms with E-state index in [1.54, 1.807) is 36.4 Å². The first-order valence-corrected chi connectivity index (χ1v) is 10.6. The van der Waals surface area contributed by atoms with Crippen LogP contribution in [0.4, 0.5) is 10.1 Å². The second kappa shape index (κ2) is 11.1. The van der Waals surface area contributed by atoms with Crippen LogP contribution < -0.4 is 14.8 Å². The van der Waals surface area contributed by atoms with Gasteiger partial charge in [-0.2, -0.15) is 5.26 Å². The molecule has 0 aliphatic heterocycles. The lowest BCUT2D eigenvalue weighted by atomic mass is 10.1. The Labute approximate surface area is 204 Å². The van der Waals surface area contributed by atoms with E-state index >= 15 is 0 Å². The predicted molar refractivity (Wildman–Crippen MR) is 127 cm³/mol. The molecule has 33 heavy (non-hydrogen) atoms. The van der Waals surface area contributed by atoms with Gasteiger partial charge in [-0.15, -0.1) is 0 Å². The molecular formula is C24H16Cl3FN2O3. The molecule has 0 bridgehead atoms. The number of hydrogen-bond acceptors (Lipinski definition) is 4. The molecule has 3 aromatic carbocycles. The van der Waals surface area contributed by atoms with E-state index in [-0.39, 0.29) is 50.3 Å². The SMILES string of the molecule is COc1cc(/C=C(/C#N)C(=O)Nc2cccc(Cl)c2Cl)cc(Cl)c1OCc1cccc(F)c1. The summed E-state index contributed by atoms with van der Waals surface area (Å²) in [6.45, 7) is 0.0648. The molecule has 0 aliphatic rings. The smallest absolute Gasteiger partial charge is 0.266 e. The Morgan fingerprint density at radius 3 is 2.58 bits per heavy atom. The highest BCUT2D eigenvalue weighted by molar-refractivity contribution is 6.44. The Balaban J connectivity index is 1.84. The minimum atomic E-state index is -0.678. The van der Waals surface area contributed by atoms with Gasteiger partial charge < -0.3 is 14.8 Å². The normalized spacial score (nSPS) is 11.0. The summed E-state index contributed by atoms with van der Waals surface area (Å²) >= 11 is 18.4. The number of amides is 1. The lowest BCUT2D eigenvalue weighted by Gasteiger charge is -2.14. The molecule has 3 aromatic rings. The van der Waals surface area contributed by atoms with Crippen molar-refractivity contribution in [1.29, 1.82) is 5.26 Å². The van der Waals surface area contributed by atoms with Crippen LogP contribution in [-0.2, 0) is 11.4 Å². The third-order valence-corrected chi connectivity index (χ3v) is 5.50. The molecule has 0 unspecified atom stereocenters. The van der Waals surface area contributed by atoms with Gasteiger partial charge in [-0.1, -0.05) is 53.0 Å². The van der Waals surface area contributed by atoms with Crippen molar-refractivity contribution in [2.24, 2.45) is 0 Å². The lowest BCUT2D eigenvalue weighted by molar-refractivity contribution is -0.112. The number of rotatable bonds is 7. The molecule has 1 N–H and O–H groups in total. The van der Waals surface area contributed by atoms with Crippen molar-refractivity contribution < 1.29 is 18.7 Å². The number of carbonyl (C=O) groups is 1. The summed E-state index contributed by atoms with van der Waals surface area (Å²) < 4.78 is 24.5. The number of nitrogens with one attached hydrogen (secondary N) is 1. The second-order valence-corrected chi connectivity index (χ2v) is 7.87. The van der Waals surface area contributed by atoms with Crippen LogP contribution in [0.15, 0.2) is 60.2 Å². The number of methoxy groups -OCH3 is 1. The number of nitriles is 1. The molecule has 168 valence electrons. The molecule has 0 atom stereocenters. The first-order chi connectivity index (χ1) is 15.8. The first kappa shape index (κ1) is 24.4. The summed E-state index contributed by atoms with van der Waals surface area (Å²) in [6.07, 6.45) is 1.35. The van der Waals surface area contributed by atoms with Gasteiger partial charge in [0.25, 0.3) is 5.91 Å². The monoisotopic (exact) mass is 504 g/mol. The molecule has 9 heteroatoms. The van der Waals surface area contributed by atoms with Gasteiger partial charge in [0.2, 0.25) is 0 Å². The molecule has 3 rings (SSSR count). The maximum Gasteiger partial charge on any atom is 0.266 e. The highest BCUT2D eigenvalue weighted by atomic mass is 35.5. The zero-order valence-electron chi connectivity index (χ0n) is 17.2. The van der Waals surface area contributed by atoms with E-state index < -0.39 is 5.91 Å². The van der Waals surface area contributed by atoms with E-state index in [0.717, 1.165) is 0 Å². The van der Waals surface area contributed by atoms with E-state index in [1.165, 1.54) is 31.4 Å². The molecule has 0 radical (unpaired) electrons. The maximum atomic E-state index is 13.4. The van der Waals surface area contributed by atoms with Crippen LogP contribution in [0.1, 0.15) is 11.1 Å². The fourth-order valence-electron chi connectivity index (χ4n) is 2.85. The van der Waals surface area contributed by atoms with Gasteiger partial charge >= 0.3 is 0 Å². The number of nitrogens with zero attached hydrogens (tertiary/aromatic N) is 1. The highest BCUT2D eigenvalue weighted by Gasteiger charge is 2.16. The molecule has 0 spiro atoms. The topological polar surface area (TPSA) is 71.3 Å². The minimum absolute atomic E-state index is 0.0648. The second-order valence-electron chi connectivity index (χ2n) is 6.68. The molecule has 1 amide bonds. The van der Waals surface area contributed by atoms with Crippen molar-refractivity contribution in [3.8, 4) is 17.6 Å². The van der Waals surface area contributed by atoms with E-state index in [4.69, 9.17) is 44.3 Å². The van der Waals surface area contributed by atoms with Gasteiger partial charge in [0, 0.05) is 0 Å². The average Bonchev–Trinajstić information content (AvgIpc) is 2.79. The zero-order chi connectivity index (χ0) is 24.0. The van der Waals surface area contributed by atoms with Gasteiger partial charge in [0.05, 0.1) is 27.9 Å². The molecular weight excluding hydrogens is 490 g/mol. The molecule has 0 aliphatic carbocycles. The third-order valence-electron chi connectivity index (χ3n) is 4.40. The van der Waals surface area contributed by atoms with Gasteiger partial charge in [0.1, 0.15) is 24.1 Å². The summed E-state index contributed by atoms with van der Waals surface area (Å²) in [5.41, 5.74) is 1.11. The van der Waals surface area contributed by atoms with Crippen LogP contribution in [0.3, 0.4) is 0 Å². The molecule has 0 heterocycles. The Kier molecular flexibility index (Phi) is 8.18.